The molecular weight excluding hydrogens is 458 g/mol. The third-order valence-electron chi connectivity index (χ3n) is 5.14. The predicted octanol–water partition coefficient (Wildman–Crippen LogP) is 2.93. The second kappa shape index (κ2) is 11.0. The zero-order chi connectivity index (χ0) is 24.8. The van der Waals surface area contributed by atoms with Gasteiger partial charge in [-0.05, 0) is 61.8 Å². The molecule has 1 aliphatic heterocycles. The fraction of sp³-hybridized carbons (Fsp3) is 0.292. The van der Waals surface area contributed by atoms with Crippen molar-refractivity contribution in [3.63, 3.8) is 0 Å². The van der Waals surface area contributed by atoms with Crippen molar-refractivity contribution in [2.45, 2.75) is 32.4 Å². The van der Waals surface area contributed by atoms with Crippen molar-refractivity contribution in [1.82, 2.24) is 4.90 Å². The van der Waals surface area contributed by atoms with Crippen LogP contribution in [0.15, 0.2) is 48.5 Å². The van der Waals surface area contributed by atoms with E-state index in [1.54, 1.807) is 48.5 Å². The number of benzene rings is 2. The Balaban J connectivity index is 1.68. The SMILES string of the molecule is CSCC[C@@H](C(=O)O[C@H](C)C(=O)Nc1ccc(NC(C)=O)cc1)N1C(=O)c2ccccc2C1=O. The van der Waals surface area contributed by atoms with E-state index < -0.39 is 35.8 Å². The predicted molar refractivity (Wildman–Crippen MR) is 129 cm³/mol. The van der Waals surface area contributed by atoms with Gasteiger partial charge in [0.25, 0.3) is 17.7 Å². The Bertz CT molecular complexity index is 1080. The summed E-state index contributed by atoms with van der Waals surface area (Å²) in [4.78, 5) is 63.3. The maximum Gasteiger partial charge on any atom is 0.330 e. The molecule has 2 N–H and O–H groups in total. The van der Waals surface area contributed by atoms with Gasteiger partial charge in [-0.1, -0.05) is 12.1 Å². The van der Waals surface area contributed by atoms with E-state index in [0.29, 0.717) is 17.1 Å². The molecule has 2 aromatic carbocycles. The van der Waals surface area contributed by atoms with Gasteiger partial charge in [0.2, 0.25) is 5.91 Å². The van der Waals surface area contributed by atoms with Crippen LogP contribution in [0.3, 0.4) is 0 Å². The number of thioether (sulfide) groups is 1. The van der Waals surface area contributed by atoms with Crippen LogP contribution in [-0.2, 0) is 19.1 Å². The lowest BCUT2D eigenvalue weighted by molar-refractivity contribution is -0.157. The molecular formula is C24H25N3O6S. The molecule has 1 heterocycles. The minimum Gasteiger partial charge on any atom is -0.451 e. The minimum absolute atomic E-state index is 0.199. The van der Waals surface area contributed by atoms with Crippen molar-refractivity contribution in [1.29, 1.82) is 0 Å². The van der Waals surface area contributed by atoms with Crippen LogP contribution >= 0.6 is 11.8 Å². The molecule has 0 bridgehead atoms. The third-order valence-corrected chi connectivity index (χ3v) is 5.78. The topological polar surface area (TPSA) is 122 Å². The maximum absolute atomic E-state index is 13.0. The van der Waals surface area contributed by atoms with Crippen molar-refractivity contribution in [2.24, 2.45) is 0 Å². The summed E-state index contributed by atoms with van der Waals surface area (Å²) in [5.41, 5.74) is 1.50. The van der Waals surface area contributed by atoms with Gasteiger partial charge in [0, 0.05) is 18.3 Å². The zero-order valence-corrected chi connectivity index (χ0v) is 19.8. The number of nitrogens with zero attached hydrogens (tertiary/aromatic N) is 1. The first-order chi connectivity index (χ1) is 16.2. The maximum atomic E-state index is 13.0. The first-order valence-corrected chi connectivity index (χ1v) is 12.0. The average Bonchev–Trinajstić information content (AvgIpc) is 3.05. The lowest BCUT2D eigenvalue weighted by Crippen LogP contribution is -2.47. The number of carbonyl (C=O) groups excluding carboxylic acids is 5. The van der Waals surface area contributed by atoms with Crippen molar-refractivity contribution < 1.29 is 28.7 Å². The van der Waals surface area contributed by atoms with E-state index >= 15 is 0 Å². The molecule has 2 atom stereocenters. The molecule has 1 aliphatic rings. The van der Waals surface area contributed by atoms with E-state index in [2.05, 4.69) is 10.6 Å². The van der Waals surface area contributed by atoms with E-state index in [9.17, 15) is 24.0 Å². The molecule has 0 aliphatic carbocycles. The summed E-state index contributed by atoms with van der Waals surface area (Å²) in [5, 5.41) is 5.25. The Morgan fingerprint density at radius 2 is 1.47 bits per heavy atom. The van der Waals surface area contributed by atoms with Crippen LogP contribution in [0.25, 0.3) is 0 Å². The number of hydrogen-bond acceptors (Lipinski definition) is 7. The summed E-state index contributed by atoms with van der Waals surface area (Å²) >= 11 is 1.46. The molecule has 10 heteroatoms. The Morgan fingerprint density at radius 3 is 1.97 bits per heavy atom. The van der Waals surface area contributed by atoms with E-state index in [4.69, 9.17) is 4.74 Å². The standard InChI is InChI=1S/C24H25N3O6S/c1-14(21(29)26-17-10-8-16(9-11-17)25-15(2)28)33-24(32)20(12-13-34-3)27-22(30)18-6-4-5-7-19(18)23(27)31/h4-11,14,20H,12-13H2,1-3H3,(H,25,28)(H,26,29)/t14-,20+/m1/s1. The quantitative estimate of drug-likeness (QED) is 0.415. The molecule has 178 valence electrons. The highest BCUT2D eigenvalue weighted by Gasteiger charge is 2.43. The molecule has 9 nitrogen and oxygen atoms in total. The Kier molecular flexibility index (Phi) is 8.06. The second-order valence-corrected chi connectivity index (χ2v) is 8.64. The fourth-order valence-corrected chi connectivity index (χ4v) is 3.92. The number of carbonyl (C=O) groups is 5. The highest BCUT2D eigenvalue weighted by molar-refractivity contribution is 7.98. The van der Waals surface area contributed by atoms with Gasteiger partial charge in [-0.25, -0.2) is 4.79 Å². The average molecular weight is 484 g/mol. The number of hydrogen-bond donors (Lipinski definition) is 2. The molecule has 34 heavy (non-hydrogen) atoms. The molecule has 3 rings (SSSR count). The Morgan fingerprint density at radius 1 is 0.941 bits per heavy atom. The smallest absolute Gasteiger partial charge is 0.330 e. The van der Waals surface area contributed by atoms with Crippen LogP contribution in [0.5, 0.6) is 0 Å². The first kappa shape index (κ1) is 25.0. The highest BCUT2D eigenvalue weighted by Crippen LogP contribution is 2.27. The monoisotopic (exact) mass is 483 g/mol. The van der Waals surface area contributed by atoms with Gasteiger partial charge >= 0.3 is 5.97 Å². The second-order valence-electron chi connectivity index (χ2n) is 7.65. The number of nitrogens with one attached hydrogen (secondary N) is 2. The highest BCUT2D eigenvalue weighted by atomic mass is 32.2. The van der Waals surface area contributed by atoms with Gasteiger partial charge < -0.3 is 15.4 Å². The summed E-state index contributed by atoms with van der Waals surface area (Å²) in [6.45, 7) is 2.80. The normalized spacial score (nSPS) is 14.3. The number of esters is 1. The van der Waals surface area contributed by atoms with Gasteiger partial charge in [-0.15, -0.1) is 0 Å². The van der Waals surface area contributed by atoms with Gasteiger partial charge in [0.15, 0.2) is 6.10 Å². The van der Waals surface area contributed by atoms with E-state index in [0.717, 1.165) is 4.90 Å². The molecule has 0 saturated heterocycles. The molecule has 4 amide bonds. The molecule has 0 fully saturated rings. The molecule has 0 unspecified atom stereocenters. The van der Waals surface area contributed by atoms with Gasteiger partial charge in [0.1, 0.15) is 6.04 Å². The molecule has 0 saturated carbocycles. The van der Waals surface area contributed by atoms with Crippen molar-refractivity contribution in [2.75, 3.05) is 22.6 Å². The molecule has 0 radical (unpaired) electrons. The lowest BCUT2D eigenvalue weighted by atomic mass is 10.1. The third kappa shape index (κ3) is 5.63. The van der Waals surface area contributed by atoms with Crippen molar-refractivity contribution >= 4 is 52.7 Å². The van der Waals surface area contributed by atoms with Crippen molar-refractivity contribution in [3.8, 4) is 0 Å². The summed E-state index contributed by atoms with van der Waals surface area (Å²) in [6, 6.07) is 11.7. The number of ether oxygens (including phenoxy) is 1. The summed E-state index contributed by atoms with van der Waals surface area (Å²) in [7, 11) is 0. The largest absolute Gasteiger partial charge is 0.451 e. The lowest BCUT2D eigenvalue weighted by Gasteiger charge is -2.25. The zero-order valence-electron chi connectivity index (χ0n) is 19.0. The van der Waals surface area contributed by atoms with Gasteiger partial charge in [-0.2, -0.15) is 11.8 Å². The van der Waals surface area contributed by atoms with Crippen LogP contribution in [0, 0.1) is 0 Å². The molecule has 0 aromatic heterocycles. The fourth-order valence-electron chi connectivity index (χ4n) is 3.46. The first-order valence-electron chi connectivity index (χ1n) is 10.6. The summed E-state index contributed by atoms with van der Waals surface area (Å²) in [5.74, 6) is -2.22. The van der Waals surface area contributed by atoms with Crippen LogP contribution < -0.4 is 10.6 Å². The van der Waals surface area contributed by atoms with Crippen LogP contribution in [-0.4, -0.2) is 58.7 Å². The Labute approximate surface area is 201 Å². The van der Waals surface area contributed by atoms with Crippen molar-refractivity contribution in [3.05, 3.63) is 59.7 Å². The van der Waals surface area contributed by atoms with E-state index in [-0.39, 0.29) is 23.5 Å². The number of amides is 4. The summed E-state index contributed by atoms with van der Waals surface area (Å²) < 4.78 is 5.36. The van der Waals surface area contributed by atoms with Crippen LogP contribution in [0.4, 0.5) is 11.4 Å². The van der Waals surface area contributed by atoms with Gasteiger partial charge in [-0.3, -0.25) is 24.1 Å². The number of rotatable bonds is 9. The number of fused-ring (bicyclic) bond motifs is 1. The molecule has 0 spiro atoms. The van der Waals surface area contributed by atoms with Crippen LogP contribution in [0.1, 0.15) is 41.0 Å². The minimum atomic E-state index is -1.17. The number of anilines is 2. The van der Waals surface area contributed by atoms with E-state index in [1.807, 2.05) is 6.26 Å². The molecule has 2 aromatic rings. The van der Waals surface area contributed by atoms with E-state index in [1.165, 1.54) is 25.6 Å². The summed E-state index contributed by atoms with van der Waals surface area (Å²) in [6.07, 6.45) is 0.872. The number of imide groups is 1. The van der Waals surface area contributed by atoms with Gasteiger partial charge in [0.05, 0.1) is 11.1 Å². The van der Waals surface area contributed by atoms with Crippen LogP contribution in [0.2, 0.25) is 0 Å². The Hall–Kier alpha value is -3.66.